The number of aromatic nitrogens is 1. The Balaban J connectivity index is 1.37. The molecule has 0 bridgehead atoms. The number of furan rings is 1. The first-order valence-electron chi connectivity index (χ1n) is 8.76. The summed E-state index contributed by atoms with van der Waals surface area (Å²) in [6.45, 7) is 2.90. The van der Waals surface area contributed by atoms with Gasteiger partial charge in [0.05, 0.1) is 5.01 Å². The van der Waals surface area contributed by atoms with E-state index in [4.69, 9.17) is 9.15 Å². The Hall–Kier alpha value is -2.12. The molecule has 5 nitrogen and oxygen atoms in total. The fourth-order valence-electron chi connectivity index (χ4n) is 2.50. The second kappa shape index (κ2) is 9.71. The van der Waals surface area contributed by atoms with Crippen LogP contribution < -0.4 is 10.1 Å². The molecule has 7 heteroatoms. The number of nitrogens with zero attached hydrogens (tertiary/aromatic N) is 1. The van der Waals surface area contributed by atoms with E-state index in [1.54, 1.807) is 23.5 Å². The van der Waals surface area contributed by atoms with Gasteiger partial charge in [-0.15, -0.1) is 11.3 Å². The number of hydrogen-bond donors (Lipinski definition) is 1. The van der Waals surface area contributed by atoms with Crippen LogP contribution in [0.4, 0.5) is 0 Å². The third-order valence-corrected chi connectivity index (χ3v) is 5.35. The number of hydrogen-bond acceptors (Lipinski definition) is 5. The first kappa shape index (κ1) is 19.6. The van der Waals surface area contributed by atoms with Crippen molar-refractivity contribution in [3.05, 3.63) is 68.5 Å². The van der Waals surface area contributed by atoms with E-state index in [-0.39, 0.29) is 12.5 Å². The molecule has 0 fully saturated rings. The normalized spacial score (nSPS) is 10.7. The van der Waals surface area contributed by atoms with E-state index >= 15 is 0 Å². The van der Waals surface area contributed by atoms with Crippen molar-refractivity contribution in [3.63, 3.8) is 0 Å². The lowest BCUT2D eigenvalue weighted by Gasteiger charge is -2.05. The van der Waals surface area contributed by atoms with Gasteiger partial charge in [-0.3, -0.25) is 4.79 Å². The van der Waals surface area contributed by atoms with Crippen molar-refractivity contribution >= 4 is 33.2 Å². The van der Waals surface area contributed by atoms with Gasteiger partial charge in [-0.05, 0) is 56.5 Å². The highest BCUT2D eigenvalue weighted by Crippen LogP contribution is 2.19. The van der Waals surface area contributed by atoms with Gasteiger partial charge in [-0.1, -0.05) is 22.0 Å². The van der Waals surface area contributed by atoms with Gasteiger partial charge in [-0.2, -0.15) is 0 Å². The minimum Gasteiger partial charge on any atom is -0.486 e. The maximum absolute atomic E-state index is 12.2. The molecular formula is C20H21BrN2O3S. The summed E-state index contributed by atoms with van der Waals surface area (Å²) < 4.78 is 12.2. The van der Waals surface area contributed by atoms with Gasteiger partial charge in [0, 0.05) is 22.1 Å². The third kappa shape index (κ3) is 6.22. The second-order valence-corrected chi connectivity index (χ2v) is 7.97. The minimum atomic E-state index is -0.200. The quantitative estimate of drug-likeness (QED) is 0.460. The summed E-state index contributed by atoms with van der Waals surface area (Å²) in [4.78, 5) is 16.6. The lowest BCUT2D eigenvalue weighted by Crippen LogP contribution is -2.24. The van der Waals surface area contributed by atoms with Crippen molar-refractivity contribution in [1.82, 2.24) is 10.3 Å². The summed E-state index contributed by atoms with van der Waals surface area (Å²) in [6.07, 6.45) is 2.85. The number of unbranched alkanes of at least 4 members (excludes halogenated alkanes) is 1. The fourth-order valence-corrected chi connectivity index (χ4v) is 3.69. The number of ether oxygens (including phenoxy) is 1. The molecule has 3 rings (SSSR count). The highest BCUT2D eigenvalue weighted by molar-refractivity contribution is 9.10. The van der Waals surface area contributed by atoms with Crippen molar-refractivity contribution in [2.24, 2.45) is 0 Å². The summed E-state index contributed by atoms with van der Waals surface area (Å²) in [5, 5.41) is 6.10. The molecule has 2 aromatic heterocycles. The summed E-state index contributed by atoms with van der Waals surface area (Å²) in [6, 6.07) is 11.0. The zero-order chi connectivity index (χ0) is 19.1. The van der Waals surface area contributed by atoms with Gasteiger partial charge in [-0.25, -0.2) is 4.98 Å². The van der Waals surface area contributed by atoms with Crippen LogP contribution in [0.1, 0.15) is 39.9 Å². The molecule has 0 unspecified atom stereocenters. The Morgan fingerprint density at radius 3 is 2.96 bits per heavy atom. The molecule has 142 valence electrons. The van der Waals surface area contributed by atoms with Crippen LogP contribution >= 0.6 is 27.3 Å². The molecule has 0 aliphatic rings. The van der Waals surface area contributed by atoms with Gasteiger partial charge < -0.3 is 14.5 Å². The molecule has 0 atom stereocenters. The van der Waals surface area contributed by atoms with E-state index in [1.165, 1.54) is 0 Å². The molecule has 2 heterocycles. The van der Waals surface area contributed by atoms with Gasteiger partial charge in [0.2, 0.25) is 0 Å². The van der Waals surface area contributed by atoms with Crippen molar-refractivity contribution in [1.29, 1.82) is 0 Å². The van der Waals surface area contributed by atoms with E-state index in [0.29, 0.717) is 18.1 Å². The maximum atomic E-state index is 12.2. The van der Waals surface area contributed by atoms with E-state index in [9.17, 15) is 4.79 Å². The lowest BCUT2D eigenvalue weighted by molar-refractivity contribution is 0.0921. The van der Waals surface area contributed by atoms with Crippen LogP contribution in [0.15, 0.2) is 50.7 Å². The Labute approximate surface area is 170 Å². The summed E-state index contributed by atoms with van der Waals surface area (Å²) >= 11 is 5.09. The number of rotatable bonds is 9. The molecular weight excluding hydrogens is 428 g/mol. The smallest absolute Gasteiger partial charge is 0.286 e. The number of carbonyl (C=O) groups is 1. The zero-order valence-electron chi connectivity index (χ0n) is 15.0. The predicted molar refractivity (Wildman–Crippen MR) is 109 cm³/mol. The molecule has 3 aromatic rings. The number of halogens is 1. The Morgan fingerprint density at radius 1 is 1.30 bits per heavy atom. The molecule has 27 heavy (non-hydrogen) atoms. The van der Waals surface area contributed by atoms with Crippen molar-refractivity contribution < 1.29 is 13.9 Å². The number of nitrogens with one attached hydrogen (secondary N) is 1. The largest absolute Gasteiger partial charge is 0.486 e. The van der Waals surface area contributed by atoms with Crippen LogP contribution in [0, 0.1) is 6.92 Å². The van der Waals surface area contributed by atoms with E-state index < -0.39 is 0 Å². The van der Waals surface area contributed by atoms with Crippen LogP contribution in [0.2, 0.25) is 0 Å². The minimum absolute atomic E-state index is 0.200. The Kier molecular flexibility index (Phi) is 7.06. The Bertz CT molecular complexity index is 891. The SMILES string of the molecule is Cc1csc(CCCCNC(=O)c2ccc(COc3cccc(Br)c3)o2)n1. The van der Waals surface area contributed by atoms with Crippen LogP contribution in [0.25, 0.3) is 0 Å². The highest BCUT2D eigenvalue weighted by Gasteiger charge is 2.11. The van der Waals surface area contributed by atoms with Crippen molar-refractivity contribution in [3.8, 4) is 5.75 Å². The summed E-state index contributed by atoms with van der Waals surface area (Å²) in [5.74, 6) is 1.45. The maximum Gasteiger partial charge on any atom is 0.286 e. The first-order chi connectivity index (χ1) is 13.1. The van der Waals surface area contributed by atoms with Crippen molar-refractivity contribution in [2.45, 2.75) is 32.8 Å². The van der Waals surface area contributed by atoms with Crippen LogP contribution in [0.3, 0.4) is 0 Å². The van der Waals surface area contributed by atoms with E-state index in [2.05, 4.69) is 31.6 Å². The van der Waals surface area contributed by atoms with Crippen molar-refractivity contribution in [2.75, 3.05) is 6.54 Å². The number of aryl methyl sites for hydroxylation is 2. The fraction of sp³-hybridized carbons (Fsp3) is 0.300. The van der Waals surface area contributed by atoms with Gasteiger partial charge in [0.25, 0.3) is 5.91 Å². The standard InChI is InChI=1S/C20H21BrN2O3S/c1-14-13-27-19(23-14)7-2-3-10-22-20(24)18-9-8-17(26-18)12-25-16-6-4-5-15(21)11-16/h4-6,8-9,11,13H,2-3,7,10,12H2,1H3,(H,22,24). The van der Waals surface area contributed by atoms with Crippen LogP contribution in [-0.4, -0.2) is 17.4 Å². The van der Waals surface area contributed by atoms with Gasteiger partial charge in [0.1, 0.15) is 18.1 Å². The first-order valence-corrected chi connectivity index (χ1v) is 10.4. The zero-order valence-corrected chi connectivity index (χ0v) is 17.4. The molecule has 1 amide bonds. The summed E-state index contributed by atoms with van der Waals surface area (Å²) in [7, 11) is 0. The molecule has 0 spiro atoms. The molecule has 0 saturated carbocycles. The predicted octanol–water partition coefficient (Wildman–Crippen LogP) is 5.14. The molecule has 0 radical (unpaired) electrons. The number of carbonyl (C=O) groups excluding carboxylic acids is 1. The Morgan fingerprint density at radius 2 is 2.19 bits per heavy atom. The molecule has 0 saturated heterocycles. The monoisotopic (exact) mass is 448 g/mol. The number of thiazole rings is 1. The average molecular weight is 449 g/mol. The molecule has 1 aromatic carbocycles. The topological polar surface area (TPSA) is 64.4 Å². The van der Waals surface area contributed by atoms with Crippen LogP contribution in [-0.2, 0) is 13.0 Å². The highest BCUT2D eigenvalue weighted by atomic mass is 79.9. The molecule has 0 aliphatic carbocycles. The number of benzene rings is 1. The van der Waals surface area contributed by atoms with E-state index in [0.717, 1.165) is 40.2 Å². The second-order valence-electron chi connectivity index (χ2n) is 6.11. The summed E-state index contributed by atoms with van der Waals surface area (Å²) in [5.41, 5.74) is 1.07. The van der Waals surface area contributed by atoms with E-state index in [1.807, 2.05) is 31.2 Å². The molecule has 0 aliphatic heterocycles. The van der Waals surface area contributed by atoms with Crippen LogP contribution in [0.5, 0.6) is 5.75 Å². The lowest BCUT2D eigenvalue weighted by atomic mass is 10.2. The van der Waals surface area contributed by atoms with Gasteiger partial charge >= 0.3 is 0 Å². The molecule has 1 N–H and O–H groups in total. The third-order valence-electron chi connectivity index (χ3n) is 3.83. The van der Waals surface area contributed by atoms with Gasteiger partial charge in [0.15, 0.2) is 5.76 Å². The number of amides is 1. The average Bonchev–Trinajstić information content (AvgIpc) is 3.29.